The van der Waals surface area contributed by atoms with Crippen LogP contribution in [-0.2, 0) is 16.0 Å². The number of nitrogens with one attached hydrogen (secondary N) is 1. The van der Waals surface area contributed by atoms with Gasteiger partial charge in [0.25, 0.3) is 0 Å². The summed E-state index contributed by atoms with van der Waals surface area (Å²) in [5.41, 5.74) is 0.977. The van der Waals surface area contributed by atoms with E-state index in [0.717, 1.165) is 5.56 Å². The van der Waals surface area contributed by atoms with Crippen molar-refractivity contribution in [2.24, 2.45) is 11.8 Å². The zero-order valence-corrected chi connectivity index (χ0v) is 10.5. The molecule has 1 aliphatic rings. The lowest BCUT2D eigenvalue weighted by Gasteiger charge is -2.06. The lowest BCUT2D eigenvalue weighted by Crippen LogP contribution is -2.28. The number of carboxylic acids is 1. The number of rotatable bonds is 5. The summed E-state index contributed by atoms with van der Waals surface area (Å²) >= 11 is 5.99. The fourth-order valence-corrected chi connectivity index (χ4v) is 2.14. The molecule has 1 fully saturated rings. The Kier molecular flexibility index (Phi) is 3.87. The van der Waals surface area contributed by atoms with Crippen LogP contribution in [0.15, 0.2) is 24.3 Å². The van der Waals surface area contributed by atoms with Gasteiger partial charge in [0.15, 0.2) is 0 Å². The predicted molar refractivity (Wildman–Crippen MR) is 67.4 cm³/mol. The van der Waals surface area contributed by atoms with E-state index in [4.69, 9.17) is 16.7 Å². The second kappa shape index (κ2) is 5.40. The molecule has 0 radical (unpaired) electrons. The fourth-order valence-electron chi connectivity index (χ4n) is 1.91. The van der Waals surface area contributed by atoms with Gasteiger partial charge in [0.1, 0.15) is 0 Å². The maximum Gasteiger partial charge on any atom is 0.307 e. The van der Waals surface area contributed by atoms with Crippen molar-refractivity contribution < 1.29 is 14.7 Å². The smallest absolute Gasteiger partial charge is 0.307 e. The summed E-state index contributed by atoms with van der Waals surface area (Å²) < 4.78 is 0. The molecule has 0 aliphatic heterocycles. The van der Waals surface area contributed by atoms with Gasteiger partial charge in [-0.15, -0.1) is 0 Å². The van der Waals surface area contributed by atoms with Gasteiger partial charge in [-0.05, 0) is 24.5 Å². The number of benzene rings is 1. The first-order chi connectivity index (χ1) is 8.59. The molecule has 0 heterocycles. The minimum atomic E-state index is -0.888. The van der Waals surface area contributed by atoms with E-state index in [1.807, 2.05) is 18.2 Å². The molecule has 1 saturated carbocycles. The van der Waals surface area contributed by atoms with Gasteiger partial charge in [-0.2, -0.15) is 0 Å². The van der Waals surface area contributed by atoms with E-state index < -0.39 is 11.9 Å². The Morgan fingerprint density at radius 2 is 2.06 bits per heavy atom. The van der Waals surface area contributed by atoms with Gasteiger partial charge in [-0.1, -0.05) is 29.8 Å². The van der Waals surface area contributed by atoms with Crippen molar-refractivity contribution in [3.05, 3.63) is 34.9 Å². The topological polar surface area (TPSA) is 66.4 Å². The number of carbonyl (C=O) groups excluding carboxylic acids is 1. The third-order valence-electron chi connectivity index (χ3n) is 3.10. The van der Waals surface area contributed by atoms with Crippen molar-refractivity contribution in [1.29, 1.82) is 0 Å². The molecule has 1 aromatic rings. The molecule has 18 heavy (non-hydrogen) atoms. The summed E-state index contributed by atoms with van der Waals surface area (Å²) in [4.78, 5) is 22.2. The molecule has 0 spiro atoms. The predicted octanol–water partition coefficient (Wildman–Crippen LogP) is 1.72. The van der Waals surface area contributed by atoms with Gasteiger partial charge in [-0.3, -0.25) is 9.59 Å². The molecule has 96 valence electrons. The summed E-state index contributed by atoms with van der Waals surface area (Å²) in [5.74, 6) is -1.91. The summed E-state index contributed by atoms with van der Waals surface area (Å²) in [6.45, 7) is 0.478. The third-order valence-corrected chi connectivity index (χ3v) is 3.46. The molecule has 1 aliphatic carbocycles. The van der Waals surface area contributed by atoms with Crippen molar-refractivity contribution in [2.45, 2.75) is 12.8 Å². The van der Waals surface area contributed by atoms with Crippen LogP contribution in [0.4, 0.5) is 0 Å². The second-order valence-corrected chi connectivity index (χ2v) is 4.83. The summed E-state index contributed by atoms with van der Waals surface area (Å²) in [6, 6.07) is 7.46. The molecule has 5 heteroatoms. The Bertz CT molecular complexity index is 475. The van der Waals surface area contributed by atoms with Crippen LogP contribution in [0, 0.1) is 11.8 Å². The number of amides is 1. The molecule has 1 amide bonds. The van der Waals surface area contributed by atoms with Gasteiger partial charge in [-0.25, -0.2) is 0 Å². The van der Waals surface area contributed by atoms with Gasteiger partial charge in [0.2, 0.25) is 5.91 Å². The summed E-state index contributed by atoms with van der Waals surface area (Å²) in [7, 11) is 0. The van der Waals surface area contributed by atoms with E-state index >= 15 is 0 Å². The third kappa shape index (κ3) is 3.01. The zero-order valence-electron chi connectivity index (χ0n) is 9.73. The first-order valence-corrected chi connectivity index (χ1v) is 6.21. The Labute approximate surface area is 110 Å². The molecular formula is C13H14ClNO3. The highest BCUT2D eigenvalue weighted by Gasteiger charge is 2.48. The fraction of sp³-hybridized carbons (Fsp3) is 0.385. The van der Waals surface area contributed by atoms with Crippen LogP contribution in [0.2, 0.25) is 5.02 Å². The zero-order chi connectivity index (χ0) is 13.1. The lowest BCUT2D eigenvalue weighted by molar-refractivity contribution is -0.140. The molecular weight excluding hydrogens is 254 g/mol. The minimum absolute atomic E-state index is 0.172. The van der Waals surface area contributed by atoms with E-state index in [0.29, 0.717) is 24.4 Å². The first kappa shape index (κ1) is 12.9. The van der Waals surface area contributed by atoms with Gasteiger partial charge in [0.05, 0.1) is 11.8 Å². The SMILES string of the molecule is O=C(O)C1CC1C(=O)NCCc1ccccc1Cl. The first-order valence-electron chi connectivity index (χ1n) is 5.83. The molecule has 1 aromatic carbocycles. The Morgan fingerprint density at radius 1 is 1.33 bits per heavy atom. The Balaban J connectivity index is 1.75. The van der Waals surface area contributed by atoms with Crippen LogP contribution in [0.25, 0.3) is 0 Å². The van der Waals surface area contributed by atoms with Crippen LogP contribution >= 0.6 is 11.6 Å². The van der Waals surface area contributed by atoms with E-state index in [9.17, 15) is 9.59 Å². The molecule has 2 N–H and O–H groups in total. The van der Waals surface area contributed by atoms with Gasteiger partial charge >= 0.3 is 5.97 Å². The molecule has 0 aromatic heterocycles. The monoisotopic (exact) mass is 267 g/mol. The largest absolute Gasteiger partial charge is 0.481 e. The van der Waals surface area contributed by atoms with Crippen molar-refractivity contribution in [3.8, 4) is 0 Å². The number of hydrogen-bond donors (Lipinski definition) is 2. The van der Waals surface area contributed by atoms with Gasteiger partial charge in [0, 0.05) is 11.6 Å². The number of carboxylic acid groups (broad SMARTS) is 1. The normalized spacial score (nSPS) is 21.4. The second-order valence-electron chi connectivity index (χ2n) is 4.42. The minimum Gasteiger partial charge on any atom is -0.481 e. The highest BCUT2D eigenvalue weighted by atomic mass is 35.5. The number of carbonyl (C=O) groups is 2. The van der Waals surface area contributed by atoms with Crippen LogP contribution in [-0.4, -0.2) is 23.5 Å². The van der Waals surface area contributed by atoms with E-state index in [2.05, 4.69) is 5.32 Å². The summed E-state index contributed by atoms with van der Waals surface area (Å²) in [5, 5.41) is 12.1. The van der Waals surface area contributed by atoms with E-state index in [-0.39, 0.29) is 11.8 Å². The van der Waals surface area contributed by atoms with Crippen molar-refractivity contribution >= 4 is 23.5 Å². The number of aliphatic carboxylic acids is 1. The molecule has 4 nitrogen and oxygen atoms in total. The van der Waals surface area contributed by atoms with Crippen LogP contribution < -0.4 is 5.32 Å². The molecule has 2 atom stereocenters. The Morgan fingerprint density at radius 3 is 2.67 bits per heavy atom. The van der Waals surface area contributed by atoms with Gasteiger partial charge < -0.3 is 10.4 Å². The van der Waals surface area contributed by atoms with Crippen molar-refractivity contribution in [1.82, 2.24) is 5.32 Å². The molecule has 2 rings (SSSR count). The molecule has 2 unspecified atom stereocenters. The highest BCUT2D eigenvalue weighted by molar-refractivity contribution is 6.31. The van der Waals surface area contributed by atoms with Crippen LogP contribution in [0.3, 0.4) is 0 Å². The lowest BCUT2D eigenvalue weighted by atomic mass is 10.1. The average molecular weight is 268 g/mol. The number of halogens is 1. The standard InChI is InChI=1S/C13H14ClNO3/c14-11-4-2-1-3-8(11)5-6-15-12(16)9-7-10(9)13(17)18/h1-4,9-10H,5-7H2,(H,15,16)(H,17,18). The van der Waals surface area contributed by atoms with E-state index in [1.165, 1.54) is 0 Å². The van der Waals surface area contributed by atoms with Crippen molar-refractivity contribution in [2.75, 3.05) is 6.54 Å². The maximum absolute atomic E-state index is 11.6. The Hall–Kier alpha value is -1.55. The molecule has 0 saturated heterocycles. The van der Waals surface area contributed by atoms with Crippen molar-refractivity contribution in [3.63, 3.8) is 0 Å². The van der Waals surface area contributed by atoms with Crippen LogP contribution in [0.1, 0.15) is 12.0 Å². The van der Waals surface area contributed by atoms with Crippen LogP contribution in [0.5, 0.6) is 0 Å². The molecule has 0 bridgehead atoms. The maximum atomic E-state index is 11.6. The highest BCUT2D eigenvalue weighted by Crippen LogP contribution is 2.38. The summed E-state index contributed by atoms with van der Waals surface area (Å²) in [6.07, 6.45) is 1.10. The quantitative estimate of drug-likeness (QED) is 0.854. The van der Waals surface area contributed by atoms with E-state index in [1.54, 1.807) is 6.07 Å². The average Bonchev–Trinajstić information content (AvgIpc) is 3.11. The number of hydrogen-bond acceptors (Lipinski definition) is 2.